The highest BCUT2D eigenvalue weighted by molar-refractivity contribution is 7.18. The van der Waals surface area contributed by atoms with E-state index in [1.165, 1.54) is 32.1 Å². The van der Waals surface area contributed by atoms with Gasteiger partial charge in [0.2, 0.25) is 0 Å². The normalized spacial score (nSPS) is 12.3. The summed E-state index contributed by atoms with van der Waals surface area (Å²) in [5, 5.41) is 1.19. The van der Waals surface area contributed by atoms with Crippen molar-refractivity contribution in [2.24, 2.45) is 0 Å². The fourth-order valence-corrected chi connectivity index (χ4v) is 4.58. The average Bonchev–Trinajstić information content (AvgIpc) is 3.11. The van der Waals surface area contributed by atoms with E-state index < -0.39 is 0 Å². The number of para-hydroxylation sites is 1. The first kappa shape index (κ1) is 17.7. The van der Waals surface area contributed by atoms with Crippen LogP contribution in [0.3, 0.4) is 0 Å². The third kappa shape index (κ3) is 3.74. The zero-order valence-electron chi connectivity index (χ0n) is 16.0. The summed E-state index contributed by atoms with van der Waals surface area (Å²) >= 11 is 1.81. The number of anilines is 1. The monoisotopic (exact) mass is 372 g/mol. The molecule has 1 unspecified atom stereocenters. The molecule has 0 radical (unpaired) electrons. The number of rotatable bonds is 5. The van der Waals surface area contributed by atoms with E-state index in [9.17, 15) is 0 Å². The first-order valence-corrected chi connectivity index (χ1v) is 10.1. The molecular formula is C24H24N2S. The van der Waals surface area contributed by atoms with Crippen molar-refractivity contribution in [3.63, 3.8) is 0 Å². The maximum atomic E-state index is 4.97. The molecule has 0 aliphatic heterocycles. The van der Waals surface area contributed by atoms with Crippen LogP contribution in [0.4, 0.5) is 5.69 Å². The molecular weight excluding hydrogens is 348 g/mol. The molecule has 0 saturated carbocycles. The summed E-state index contributed by atoms with van der Waals surface area (Å²) in [6, 6.07) is 25.9. The average molecular weight is 373 g/mol. The van der Waals surface area contributed by atoms with Crippen LogP contribution in [0.2, 0.25) is 0 Å². The number of hydrogen-bond acceptors (Lipinski definition) is 3. The Balaban J connectivity index is 1.75. The molecule has 0 spiro atoms. The van der Waals surface area contributed by atoms with Crippen LogP contribution in [0.1, 0.15) is 27.6 Å². The Morgan fingerprint density at radius 1 is 0.926 bits per heavy atom. The summed E-state index contributed by atoms with van der Waals surface area (Å²) in [7, 11) is 4.17. The molecule has 1 aromatic heterocycles. The van der Waals surface area contributed by atoms with E-state index in [0.29, 0.717) is 0 Å². The lowest BCUT2D eigenvalue weighted by Gasteiger charge is -2.19. The Labute approximate surface area is 165 Å². The molecule has 0 saturated heterocycles. The first-order chi connectivity index (χ1) is 13.1. The fraction of sp³-hybridized carbons (Fsp3) is 0.208. The van der Waals surface area contributed by atoms with E-state index in [-0.39, 0.29) is 5.92 Å². The van der Waals surface area contributed by atoms with Gasteiger partial charge in [0, 0.05) is 25.7 Å². The van der Waals surface area contributed by atoms with Crippen LogP contribution in [-0.4, -0.2) is 19.1 Å². The molecule has 3 heteroatoms. The molecule has 27 heavy (non-hydrogen) atoms. The van der Waals surface area contributed by atoms with E-state index >= 15 is 0 Å². The molecule has 1 atom stereocenters. The predicted molar refractivity (Wildman–Crippen MR) is 117 cm³/mol. The smallest absolute Gasteiger partial charge is 0.102 e. The summed E-state index contributed by atoms with van der Waals surface area (Å²) in [5.41, 5.74) is 6.38. The second-order valence-corrected chi connectivity index (χ2v) is 8.25. The van der Waals surface area contributed by atoms with Crippen molar-refractivity contribution in [1.29, 1.82) is 0 Å². The number of fused-ring (bicyclic) bond motifs is 1. The van der Waals surface area contributed by atoms with E-state index in [4.69, 9.17) is 4.98 Å². The van der Waals surface area contributed by atoms with Gasteiger partial charge in [-0.15, -0.1) is 11.3 Å². The van der Waals surface area contributed by atoms with Gasteiger partial charge >= 0.3 is 0 Å². The Kier molecular flexibility index (Phi) is 4.95. The van der Waals surface area contributed by atoms with Gasteiger partial charge in [-0.25, -0.2) is 4.98 Å². The second-order valence-electron chi connectivity index (χ2n) is 7.19. The number of aromatic nitrogens is 1. The quantitative estimate of drug-likeness (QED) is 0.424. The zero-order valence-corrected chi connectivity index (χ0v) is 16.8. The van der Waals surface area contributed by atoms with Crippen molar-refractivity contribution < 1.29 is 0 Å². The minimum absolute atomic E-state index is 0.271. The van der Waals surface area contributed by atoms with Crippen molar-refractivity contribution >= 4 is 27.2 Å². The summed E-state index contributed by atoms with van der Waals surface area (Å²) < 4.78 is 1.26. The van der Waals surface area contributed by atoms with Crippen LogP contribution < -0.4 is 4.90 Å². The first-order valence-electron chi connectivity index (χ1n) is 9.29. The molecule has 136 valence electrons. The third-order valence-electron chi connectivity index (χ3n) is 5.08. The highest BCUT2D eigenvalue weighted by Crippen LogP contribution is 2.35. The number of hydrogen-bond donors (Lipinski definition) is 0. The van der Waals surface area contributed by atoms with Crippen LogP contribution in [0.15, 0.2) is 72.8 Å². The molecule has 0 fully saturated rings. The van der Waals surface area contributed by atoms with Gasteiger partial charge in [0.25, 0.3) is 0 Å². The molecule has 0 bridgehead atoms. The molecule has 4 aromatic rings. The minimum atomic E-state index is 0.271. The van der Waals surface area contributed by atoms with Gasteiger partial charge in [0.05, 0.1) is 10.2 Å². The summed E-state index contributed by atoms with van der Waals surface area (Å²) in [4.78, 5) is 7.12. The SMILES string of the molecule is Cc1cc(N(C)C)ccc1CC(c1ccccc1)c1nc2ccccc2s1. The van der Waals surface area contributed by atoms with E-state index in [1.54, 1.807) is 0 Å². The van der Waals surface area contributed by atoms with Crippen molar-refractivity contribution in [1.82, 2.24) is 4.98 Å². The Morgan fingerprint density at radius 3 is 2.37 bits per heavy atom. The van der Waals surface area contributed by atoms with Gasteiger partial charge in [0.1, 0.15) is 5.01 Å². The fourth-order valence-electron chi connectivity index (χ4n) is 3.48. The molecule has 1 heterocycles. The molecule has 0 aliphatic carbocycles. The lowest BCUT2D eigenvalue weighted by Crippen LogP contribution is -2.10. The van der Waals surface area contributed by atoms with E-state index in [2.05, 4.69) is 98.7 Å². The Morgan fingerprint density at radius 2 is 1.67 bits per heavy atom. The van der Waals surface area contributed by atoms with Crippen LogP contribution in [-0.2, 0) is 6.42 Å². The molecule has 4 rings (SSSR count). The second kappa shape index (κ2) is 7.53. The van der Waals surface area contributed by atoms with Crippen LogP contribution in [0, 0.1) is 6.92 Å². The Bertz CT molecular complexity index is 1020. The van der Waals surface area contributed by atoms with Gasteiger partial charge < -0.3 is 4.90 Å². The van der Waals surface area contributed by atoms with Crippen LogP contribution >= 0.6 is 11.3 Å². The maximum Gasteiger partial charge on any atom is 0.102 e. The Hall–Kier alpha value is -2.65. The van der Waals surface area contributed by atoms with Gasteiger partial charge in [-0.3, -0.25) is 0 Å². The number of nitrogens with zero attached hydrogens (tertiary/aromatic N) is 2. The van der Waals surface area contributed by atoms with E-state index in [0.717, 1.165) is 11.9 Å². The highest BCUT2D eigenvalue weighted by atomic mass is 32.1. The lowest BCUT2D eigenvalue weighted by atomic mass is 9.90. The van der Waals surface area contributed by atoms with Gasteiger partial charge in [-0.1, -0.05) is 48.5 Å². The molecule has 0 N–H and O–H groups in total. The number of aryl methyl sites for hydroxylation is 1. The number of thiazole rings is 1. The summed E-state index contributed by atoms with van der Waals surface area (Å²) in [5.74, 6) is 0.271. The summed E-state index contributed by atoms with van der Waals surface area (Å²) in [6.07, 6.45) is 0.962. The van der Waals surface area contributed by atoms with Crippen molar-refractivity contribution in [3.8, 4) is 0 Å². The molecule has 0 aliphatic rings. The highest BCUT2D eigenvalue weighted by Gasteiger charge is 2.20. The molecule has 0 amide bonds. The van der Waals surface area contributed by atoms with Crippen molar-refractivity contribution in [3.05, 3.63) is 94.5 Å². The van der Waals surface area contributed by atoms with Crippen LogP contribution in [0.5, 0.6) is 0 Å². The van der Waals surface area contributed by atoms with Gasteiger partial charge in [0.15, 0.2) is 0 Å². The zero-order chi connectivity index (χ0) is 18.8. The standard InChI is InChI=1S/C24H24N2S/c1-17-15-20(26(2)3)14-13-19(17)16-21(18-9-5-4-6-10-18)24-25-22-11-7-8-12-23(22)27-24/h4-15,21H,16H2,1-3H3. The lowest BCUT2D eigenvalue weighted by molar-refractivity contribution is 0.794. The largest absolute Gasteiger partial charge is 0.378 e. The molecule has 2 nitrogen and oxygen atoms in total. The van der Waals surface area contributed by atoms with Gasteiger partial charge in [-0.05, 0) is 54.3 Å². The van der Waals surface area contributed by atoms with Crippen molar-refractivity contribution in [2.45, 2.75) is 19.3 Å². The topological polar surface area (TPSA) is 16.1 Å². The predicted octanol–water partition coefficient (Wildman–Crippen LogP) is 6.05. The summed E-state index contributed by atoms with van der Waals surface area (Å²) in [6.45, 7) is 2.21. The van der Waals surface area contributed by atoms with Crippen LogP contribution in [0.25, 0.3) is 10.2 Å². The van der Waals surface area contributed by atoms with Gasteiger partial charge in [-0.2, -0.15) is 0 Å². The van der Waals surface area contributed by atoms with E-state index in [1.807, 2.05) is 11.3 Å². The number of benzene rings is 3. The third-order valence-corrected chi connectivity index (χ3v) is 6.23. The molecule has 3 aromatic carbocycles. The maximum absolute atomic E-state index is 4.97. The minimum Gasteiger partial charge on any atom is -0.378 e. The van der Waals surface area contributed by atoms with Crippen molar-refractivity contribution in [2.75, 3.05) is 19.0 Å².